The number of hydrogen-bond acceptors (Lipinski definition) is 3. The number of fused-ring (bicyclic) bond motifs is 1. The van der Waals surface area contributed by atoms with Crippen molar-refractivity contribution in [1.82, 2.24) is 0 Å². The molecule has 7 heteroatoms. The molecule has 0 radical (unpaired) electrons. The lowest BCUT2D eigenvalue weighted by molar-refractivity contribution is -0.118. The monoisotopic (exact) mass is 360 g/mol. The number of hydrogen-bond donors (Lipinski definition) is 1. The number of carbonyl (C=O) groups excluding carboxylic acids is 2. The summed E-state index contributed by atoms with van der Waals surface area (Å²) in [7, 11) is 0. The van der Waals surface area contributed by atoms with Gasteiger partial charge in [-0.3, -0.25) is 9.59 Å². The van der Waals surface area contributed by atoms with Crippen molar-refractivity contribution in [3.8, 4) is 5.75 Å². The minimum absolute atomic E-state index is 0.0469. The number of nitrogens with zero attached hydrogens (tertiary/aromatic N) is 1. The maximum atomic E-state index is 12.7. The number of carbonyl (C=O) groups is 2. The molecule has 1 aliphatic rings. The lowest BCUT2D eigenvalue weighted by Crippen LogP contribution is -2.37. The van der Waals surface area contributed by atoms with Crippen molar-refractivity contribution >= 4 is 17.5 Å². The standard InChI is InChI=1S/C19H18F2N2O3/c20-19(21)26-13-8-6-12(7-9-13)11-17(24)23-10-2-4-14-15(18(22)25)3-1-5-16(14)23/h1,3,5-9,19H,2,4,10-11H2,(H2,22,25). The fraction of sp³-hybridized carbons (Fsp3) is 0.263. The molecule has 3 rings (SSSR count). The van der Waals surface area contributed by atoms with Crippen LogP contribution < -0.4 is 15.4 Å². The molecule has 2 aromatic carbocycles. The molecule has 0 saturated heterocycles. The summed E-state index contributed by atoms with van der Waals surface area (Å²) in [5.74, 6) is -0.591. The number of amides is 2. The van der Waals surface area contributed by atoms with Gasteiger partial charge in [-0.1, -0.05) is 18.2 Å². The molecule has 0 bridgehead atoms. The number of halogens is 2. The Balaban J connectivity index is 1.78. The maximum absolute atomic E-state index is 12.7. The second kappa shape index (κ2) is 7.51. The highest BCUT2D eigenvalue weighted by atomic mass is 19.3. The van der Waals surface area contributed by atoms with Crippen LogP contribution >= 0.6 is 0 Å². The summed E-state index contributed by atoms with van der Waals surface area (Å²) >= 11 is 0. The summed E-state index contributed by atoms with van der Waals surface area (Å²) in [4.78, 5) is 26.0. The Labute approximate surface area is 149 Å². The van der Waals surface area contributed by atoms with Crippen LogP contribution in [0.2, 0.25) is 0 Å². The topological polar surface area (TPSA) is 72.6 Å². The molecular weight excluding hydrogens is 342 g/mol. The molecule has 2 N–H and O–H groups in total. The number of benzene rings is 2. The van der Waals surface area contributed by atoms with Crippen LogP contribution in [0.25, 0.3) is 0 Å². The van der Waals surface area contributed by atoms with Crippen molar-refractivity contribution in [2.75, 3.05) is 11.4 Å². The first-order chi connectivity index (χ1) is 12.5. The van der Waals surface area contributed by atoms with Crippen LogP contribution in [0.4, 0.5) is 14.5 Å². The first-order valence-electron chi connectivity index (χ1n) is 8.21. The molecule has 0 spiro atoms. The summed E-state index contributed by atoms with van der Waals surface area (Å²) in [6, 6.07) is 11.2. The Kier molecular flexibility index (Phi) is 5.16. The second-order valence-corrected chi connectivity index (χ2v) is 6.02. The quantitative estimate of drug-likeness (QED) is 0.891. The number of alkyl halides is 2. The lowest BCUT2D eigenvalue weighted by Gasteiger charge is -2.30. The first-order valence-corrected chi connectivity index (χ1v) is 8.21. The molecule has 1 aliphatic heterocycles. The van der Waals surface area contributed by atoms with Gasteiger partial charge in [0.1, 0.15) is 5.75 Å². The zero-order valence-electron chi connectivity index (χ0n) is 14.0. The average Bonchev–Trinajstić information content (AvgIpc) is 2.61. The van der Waals surface area contributed by atoms with Crippen LogP contribution in [0.15, 0.2) is 42.5 Å². The van der Waals surface area contributed by atoms with E-state index in [2.05, 4.69) is 4.74 Å². The highest BCUT2D eigenvalue weighted by molar-refractivity contribution is 6.00. The van der Waals surface area contributed by atoms with E-state index in [0.717, 1.165) is 12.0 Å². The Morgan fingerprint density at radius 3 is 2.54 bits per heavy atom. The smallest absolute Gasteiger partial charge is 0.387 e. The lowest BCUT2D eigenvalue weighted by atomic mass is 9.95. The summed E-state index contributed by atoms with van der Waals surface area (Å²) in [5.41, 5.74) is 8.05. The molecule has 136 valence electrons. The number of rotatable bonds is 5. The Bertz CT molecular complexity index is 822. The predicted molar refractivity (Wildman–Crippen MR) is 92.4 cm³/mol. The minimum atomic E-state index is -2.88. The normalized spacial score (nSPS) is 13.4. The molecule has 0 aliphatic carbocycles. The van der Waals surface area contributed by atoms with E-state index in [-0.39, 0.29) is 18.1 Å². The maximum Gasteiger partial charge on any atom is 0.387 e. The molecular formula is C19H18F2N2O3. The van der Waals surface area contributed by atoms with Crippen LogP contribution in [0.3, 0.4) is 0 Å². The van der Waals surface area contributed by atoms with E-state index in [1.165, 1.54) is 12.1 Å². The minimum Gasteiger partial charge on any atom is -0.435 e. The Hall–Kier alpha value is -2.96. The summed E-state index contributed by atoms with van der Waals surface area (Å²) < 4.78 is 28.7. The highest BCUT2D eigenvalue weighted by Crippen LogP contribution is 2.30. The molecule has 2 aromatic rings. The van der Waals surface area contributed by atoms with E-state index in [1.54, 1.807) is 35.2 Å². The van der Waals surface area contributed by atoms with E-state index in [1.807, 2.05) is 0 Å². The first kappa shape index (κ1) is 17.8. The molecule has 26 heavy (non-hydrogen) atoms. The zero-order valence-corrected chi connectivity index (χ0v) is 14.0. The van der Waals surface area contributed by atoms with E-state index in [4.69, 9.17) is 5.73 Å². The van der Waals surface area contributed by atoms with Gasteiger partial charge < -0.3 is 15.4 Å². The predicted octanol–water partition coefficient (Wildman–Crippen LogP) is 2.91. The van der Waals surface area contributed by atoms with Gasteiger partial charge in [0.25, 0.3) is 0 Å². The van der Waals surface area contributed by atoms with Crippen LogP contribution in [0, 0.1) is 0 Å². The molecule has 0 fully saturated rings. The molecule has 5 nitrogen and oxygen atoms in total. The Morgan fingerprint density at radius 1 is 1.15 bits per heavy atom. The molecule has 0 aromatic heterocycles. The van der Waals surface area contributed by atoms with Crippen molar-refractivity contribution in [2.45, 2.75) is 25.9 Å². The fourth-order valence-electron chi connectivity index (χ4n) is 3.17. The molecule has 0 atom stereocenters. The van der Waals surface area contributed by atoms with Crippen molar-refractivity contribution in [1.29, 1.82) is 0 Å². The van der Waals surface area contributed by atoms with Gasteiger partial charge >= 0.3 is 6.61 Å². The highest BCUT2D eigenvalue weighted by Gasteiger charge is 2.25. The summed E-state index contributed by atoms with van der Waals surface area (Å²) in [6.07, 6.45) is 1.55. The zero-order chi connectivity index (χ0) is 18.7. The van der Waals surface area contributed by atoms with Crippen LogP contribution in [0.1, 0.15) is 27.9 Å². The number of nitrogens with two attached hydrogens (primary N) is 1. The fourth-order valence-corrected chi connectivity index (χ4v) is 3.17. The third-order valence-corrected chi connectivity index (χ3v) is 4.32. The van der Waals surface area contributed by atoms with Crippen molar-refractivity contribution in [2.24, 2.45) is 5.73 Å². The van der Waals surface area contributed by atoms with Gasteiger partial charge in [0, 0.05) is 17.8 Å². The third-order valence-electron chi connectivity index (χ3n) is 4.32. The van der Waals surface area contributed by atoms with E-state index >= 15 is 0 Å². The second-order valence-electron chi connectivity index (χ2n) is 6.02. The van der Waals surface area contributed by atoms with Crippen LogP contribution in [0.5, 0.6) is 5.75 Å². The number of anilines is 1. The third kappa shape index (κ3) is 3.82. The SMILES string of the molecule is NC(=O)c1cccc2c1CCCN2C(=O)Cc1ccc(OC(F)F)cc1. The van der Waals surface area contributed by atoms with E-state index in [9.17, 15) is 18.4 Å². The molecule has 2 amide bonds. The number of primary amides is 1. The van der Waals surface area contributed by atoms with Gasteiger partial charge in [-0.05, 0) is 48.2 Å². The van der Waals surface area contributed by atoms with Crippen molar-refractivity contribution < 1.29 is 23.1 Å². The van der Waals surface area contributed by atoms with Gasteiger partial charge in [-0.25, -0.2) is 0 Å². The number of ether oxygens (including phenoxy) is 1. The van der Waals surface area contributed by atoms with Gasteiger partial charge in [-0.15, -0.1) is 0 Å². The van der Waals surface area contributed by atoms with Crippen molar-refractivity contribution in [3.05, 3.63) is 59.2 Å². The van der Waals surface area contributed by atoms with Crippen LogP contribution in [-0.2, 0) is 17.6 Å². The van der Waals surface area contributed by atoms with Gasteiger partial charge in [0.15, 0.2) is 0 Å². The van der Waals surface area contributed by atoms with E-state index < -0.39 is 12.5 Å². The van der Waals surface area contributed by atoms with Gasteiger partial charge in [-0.2, -0.15) is 8.78 Å². The van der Waals surface area contributed by atoms with Gasteiger partial charge in [0.2, 0.25) is 11.8 Å². The summed E-state index contributed by atoms with van der Waals surface area (Å²) in [5, 5.41) is 0. The molecule has 0 saturated carbocycles. The largest absolute Gasteiger partial charge is 0.435 e. The molecule has 0 unspecified atom stereocenters. The van der Waals surface area contributed by atoms with E-state index in [0.29, 0.717) is 29.8 Å². The summed E-state index contributed by atoms with van der Waals surface area (Å²) in [6.45, 7) is -2.33. The Morgan fingerprint density at radius 2 is 1.88 bits per heavy atom. The van der Waals surface area contributed by atoms with Gasteiger partial charge in [0.05, 0.1) is 6.42 Å². The van der Waals surface area contributed by atoms with Crippen molar-refractivity contribution in [3.63, 3.8) is 0 Å². The van der Waals surface area contributed by atoms with Crippen LogP contribution in [-0.4, -0.2) is 25.0 Å². The molecule has 1 heterocycles. The average molecular weight is 360 g/mol.